The highest BCUT2D eigenvalue weighted by molar-refractivity contribution is 7.92. The third-order valence-corrected chi connectivity index (χ3v) is 4.71. The number of hydrogen-bond donors (Lipinski definition) is 2. The number of benzene rings is 1. The van der Waals surface area contributed by atoms with Gasteiger partial charge in [0, 0.05) is 30.1 Å². The van der Waals surface area contributed by atoms with Gasteiger partial charge in [-0.1, -0.05) is 6.07 Å². The fourth-order valence-corrected chi connectivity index (χ4v) is 3.16. The summed E-state index contributed by atoms with van der Waals surface area (Å²) in [6.07, 6.45) is -0.938. The van der Waals surface area contributed by atoms with Crippen LogP contribution in [-0.4, -0.2) is 25.9 Å². The van der Waals surface area contributed by atoms with Crippen molar-refractivity contribution >= 4 is 21.6 Å². The molecular formula is C16H17F2N3O3S. The number of carbonyl (C=O) groups is 1. The van der Waals surface area contributed by atoms with E-state index in [0.29, 0.717) is 12.1 Å². The molecule has 1 amide bonds. The highest BCUT2D eigenvalue weighted by Gasteiger charge is 2.19. The molecule has 0 fully saturated rings. The SMILES string of the molecule is CCNC(=O)c1ccc(C)c(NS(=O)(=O)c2cncc(C(F)F)c2)c1. The minimum atomic E-state index is -4.12. The van der Waals surface area contributed by atoms with Crippen molar-refractivity contribution in [2.75, 3.05) is 11.3 Å². The Balaban J connectivity index is 2.36. The Bertz CT molecular complexity index is 886. The molecule has 1 aromatic carbocycles. The van der Waals surface area contributed by atoms with Gasteiger partial charge in [-0.2, -0.15) is 0 Å². The summed E-state index contributed by atoms with van der Waals surface area (Å²) >= 11 is 0. The van der Waals surface area contributed by atoms with Crippen LogP contribution in [0.4, 0.5) is 14.5 Å². The zero-order valence-electron chi connectivity index (χ0n) is 13.6. The molecule has 9 heteroatoms. The monoisotopic (exact) mass is 369 g/mol. The van der Waals surface area contributed by atoms with Crippen molar-refractivity contribution < 1.29 is 22.0 Å². The number of carbonyl (C=O) groups excluding carboxylic acids is 1. The molecule has 2 aromatic rings. The van der Waals surface area contributed by atoms with Gasteiger partial charge in [0.1, 0.15) is 4.90 Å². The van der Waals surface area contributed by atoms with Crippen LogP contribution in [0.3, 0.4) is 0 Å². The number of sulfonamides is 1. The quantitative estimate of drug-likeness (QED) is 0.820. The first-order valence-electron chi connectivity index (χ1n) is 7.39. The molecule has 0 bridgehead atoms. The third kappa shape index (κ3) is 4.50. The first-order chi connectivity index (χ1) is 11.7. The van der Waals surface area contributed by atoms with Crippen LogP contribution < -0.4 is 10.0 Å². The lowest BCUT2D eigenvalue weighted by molar-refractivity contribution is 0.0956. The Labute approximate surface area is 144 Å². The Morgan fingerprint density at radius 2 is 1.96 bits per heavy atom. The number of alkyl halides is 2. The van der Waals surface area contributed by atoms with Gasteiger partial charge in [0.25, 0.3) is 22.4 Å². The molecule has 134 valence electrons. The number of aryl methyl sites for hydroxylation is 1. The largest absolute Gasteiger partial charge is 0.352 e. The number of halogens is 2. The second-order valence-electron chi connectivity index (χ2n) is 5.25. The summed E-state index contributed by atoms with van der Waals surface area (Å²) in [6.45, 7) is 3.85. The zero-order chi connectivity index (χ0) is 18.6. The van der Waals surface area contributed by atoms with E-state index >= 15 is 0 Å². The Morgan fingerprint density at radius 3 is 2.60 bits per heavy atom. The summed E-state index contributed by atoms with van der Waals surface area (Å²) in [5.74, 6) is -0.343. The van der Waals surface area contributed by atoms with E-state index in [1.165, 1.54) is 6.07 Å². The fourth-order valence-electron chi connectivity index (χ4n) is 2.04. The highest BCUT2D eigenvalue weighted by Crippen LogP contribution is 2.24. The van der Waals surface area contributed by atoms with Gasteiger partial charge in [0.05, 0.1) is 5.69 Å². The third-order valence-electron chi connectivity index (χ3n) is 3.38. The van der Waals surface area contributed by atoms with Gasteiger partial charge in [-0.25, -0.2) is 17.2 Å². The molecular weight excluding hydrogens is 352 g/mol. The van der Waals surface area contributed by atoms with Crippen LogP contribution in [0.25, 0.3) is 0 Å². The van der Waals surface area contributed by atoms with E-state index in [1.807, 2.05) is 0 Å². The Hall–Kier alpha value is -2.55. The molecule has 2 rings (SSSR count). The first-order valence-corrected chi connectivity index (χ1v) is 8.87. The van der Waals surface area contributed by atoms with Crippen molar-refractivity contribution in [3.05, 3.63) is 53.3 Å². The van der Waals surface area contributed by atoms with E-state index in [0.717, 1.165) is 18.5 Å². The lowest BCUT2D eigenvalue weighted by atomic mass is 10.1. The number of pyridine rings is 1. The molecule has 0 saturated carbocycles. The topological polar surface area (TPSA) is 88.2 Å². The predicted octanol–water partition coefficient (Wildman–Crippen LogP) is 2.88. The van der Waals surface area contributed by atoms with Crippen molar-refractivity contribution in [2.45, 2.75) is 25.2 Å². The van der Waals surface area contributed by atoms with Crippen LogP contribution in [-0.2, 0) is 10.0 Å². The van der Waals surface area contributed by atoms with Crippen LogP contribution in [0.1, 0.15) is 34.8 Å². The zero-order valence-corrected chi connectivity index (χ0v) is 14.4. The second kappa shape index (κ2) is 7.56. The molecule has 6 nitrogen and oxygen atoms in total. The molecule has 0 atom stereocenters. The maximum Gasteiger partial charge on any atom is 0.265 e. The van der Waals surface area contributed by atoms with E-state index in [2.05, 4.69) is 15.0 Å². The van der Waals surface area contributed by atoms with E-state index in [4.69, 9.17) is 0 Å². The number of nitrogens with zero attached hydrogens (tertiary/aromatic N) is 1. The van der Waals surface area contributed by atoms with Gasteiger partial charge in [0.2, 0.25) is 0 Å². The summed E-state index contributed by atoms with van der Waals surface area (Å²) in [4.78, 5) is 15.0. The van der Waals surface area contributed by atoms with Gasteiger partial charge < -0.3 is 5.32 Å². The van der Waals surface area contributed by atoms with Crippen molar-refractivity contribution in [1.82, 2.24) is 10.3 Å². The Morgan fingerprint density at radius 1 is 1.24 bits per heavy atom. The smallest absolute Gasteiger partial charge is 0.265 e. The van der Waals surface area contributed by atoms with Crippen LogP contribution in [0.15, 0.2) is 41.6 Å². The average Bonchev–Trinajstić information content (AvgIpc) is 2.57. The minimum absolute atomic E-state index is 0.186. The van der Waals surface area contributed by atoms with Gasteiger partial charge in [0.15, 0.2) is 0 Å². The number of nitrogens with one attached hydrogen (secondary N) is 2. The number of hydrogen-bond acceptors (Lipinski definition) is 4. The first kappa shape index (κ1) is 18.8. The number of amides is 1. The molecule has 0 aliphatic rings. The second-order valence-corrected chi connectivity index (χ2v) is 6.93. The molecule has 0 radical (unpaired) electrons. The summed E-state index contributed by atoms with van der Waals surface area (Å²) in [6, 6.07) is 5.42. The van der Waals surface area contributed by atoms with Crippen LogP contribution in [0.2, 0.25) is 0 Å². The summed E-state index contributed by atoms with van der Waals surface area (Å²) in [5, 5.41) is 2.61. The molecule has 0 saturated heterocycles. The Kier molecular flexibility index (Phi) is 5.68. The van der Waals surface area contributed by atoms with Crippen LogP contribution in [0, 0.1) is 6.92 Å². The maximum absolute atomic E-state index is 12.7. The fraction of sp³-hybridized carbons (Fsp3) is 0.250. The van der Waals surface area contributed by atoms with Crippen LogP contribution in [0.5, 0.6) is 0 Å². The van der Waals surface area contributed by atoms with Crippen molar-refractivity contribution in [1.29, 1.82) is 0 Å². The van der Waals surface area contributed by atoms with Crippen molar-refractivity contribution in [3.8, 4) is 0 Å². The van der Waals surface area contributed by atoms with E-state index in [-0.39, 0.29) is 22.1 Å². The molecule has 0 aliphatic carbocycles. The van der Waals surface area contributed by atoms with Gasteiger partial charge in [-0.15, -0.1) is 0 Å². The van der Waals surface area contributed by atoms with E-state index in [9.17, 15) is 22.0 Å². The van der Waals surface area contributed by atoms with Crippen molar-refractivity contribution in [2.24, 2.45) is 0 Å². The summed E-state index contributed by atoms with van der Waals surface area (Å²) < 4.78 is 52.7. The number of rotatable bonds is 6. The maximum atomic E-state index is 12.7. The highest BCUT2D eigenvalue weighted by atomic mass is 32.2. The van der Waals surface area contributed by atoms with Gasteiger partial charge in [-0.05, 0) is 37.6 Å². The standard InChI is InChI=1S/C16H17F2N3O3S/c1-3-20-16(22)11-5-4-10(2)14(7-11)21-25(23,24)13-6-12(15(17)18)8-19-9-13/h4-9,15,21H,3H2,1-2H3,(H,20,22). The normalized spacial score (nSPS) is 11.4. The molecule has 1 aromatic heterocycles. The predicted molar refractivity (Wildman–Crippen MR) is 89.2 cm³/mol. The van der Waals surface area contributed by atoms with Gasteiger partial charge in [-0.3, -0.25) is 14.5 Å². The molecule has 25 heavy (non-hydrogen) atoms. The summed E-state index contributed by atoms with van der Waals surface area (Å²) in [5.41, 5.74) is 0.557. The molecule has 1 heterocycles. The average molecular weight is 369 g/mol. The molecule has 0 aliphatic heterocycles. The lowest BCUT2D eigenvalue weighted by Crippen LogP contribution is -2.23. The van der Waals surface area contributed by atoms with E-state index in [1.54, 1.807) is 26.0 Å². The van der Waals surface area contributed by atoms with Crippen LogP contribution >= 0.6 is 0 Å². The molecule has 2 N–H and O–H groups in total. The minimum Gasteiger partial charge on any atom is -0.352 e. The molecule has 0 unspecified atom stereocenters. The van der Waals surface area contributed by atoms with Gasteiger partial charge >= 0.3 is 0 Å². The van der Waals surface area contributed by atoms with Crippen molar-refractivity contribution in [3.63, 3.8) is 0 Å². The molecule has 0 spiro atoms. The number of aromatic nitrogens is 1. The summed E-state index contributed by atoms with van der Waals surface area (Å²) in [7, 11) is -4.12. The van der Waals surface area contributed by atoms with E-state index < -0.39 is 22.0 Å². The lowest BCUT2D eigenvalue weighted by Gasteiger charge is -2.12. The number of anilines is 1.